The lowest BCUT2D eigenvalue weighted by atomic mass is 10.1. The van der Waals surface area contributed by atoms with Gasteiger partial charge in [-0.1, -0.05) is 206 Å². The quantitative estimate of drug-likeness (QED) is 0.113. The average molecular weight is 921 g/mol. The van der Waals surface area contributed by atoms with E-state index in [1.165, 1.54) is 67.4 Å². The highest BCUT2D eigenvalue weighted by Gasteiger charge is 2.51. The summed E-state index contributed by atoms with van der Waals surface area (Å²) in [7, 11) is -3.94. The van der Waals surface area contributed by atoms with Crippen molar-refractivity contribution in [3.05, 3.63) is 249 Å². The number of pyridine rings is 1. The molecule has 322 valence electrons. The van der Waals surface area contributed by atoms with Crippen molar-refractivity contribution in [1.82, 2.24) is 14.5 Å². The van der Waals surface area contributed by atoms with E-state index in [4.69, 9.17) is 9.97 Å². The van der Waals surface area contributed by atoms with Crippen LogP contribution in [0.5, 0.6) is 0 Å². The molecule has 0 unspecified atom stereocenters. The van der Waals surface area contributed by atoms with Crippen molar-refractivity contribution in [2.45, 2.75) is 0 Å². The van der Waals surface area contributed by atoms with Gasteiger partial charge in [0.2, 0.25) is 0 Å². The maximum absolute atomic E-state index is 5.49. The molecule has 0 saturated carbocycles. The first-order valence-electron chi connectivity index (χ1n) is 23.2. The summed E-state index contributed by atoms with van der Waals surface area (Å²) in [6.45, 7) is 0. The van der Waals surface area contributed by atoms with E-state index in [1.807, 2.05) is 17.5 Å². The van der Waals surface area contributed by atoms with E-state index >= 15 is 0 Å². The summed E-state index contributed by atoms with van der Waals surface area (Å²) in [4.78, 5) is 13.2. The van der Waals surface area contributed by atoms with Crippen LogP contribution < -0.4 is 46.4 Å². The Morgan fingerprint density at radius 1 is 0.485 bits per heavy atom. The van der Waals surface area contributed by atoms with E-state index in [1.54, 1.807) is 0 Å². The first-order valence-corrected chi connectivity index (χ1v) is 28.0. The van der Waals surface area contributed by atoms with Gasteiger partial charge in [0.1, 0.15) is 11.6 Å². The number of hydrogen-bond acceptors (Lipinski definition) is 4. The molecule has 7 heteroatoms. The summed E-state index contributed by atoms with van der Waals surface area (Å²) in [5.41, 5.74) is 5.52. The normalized spacial score (nSPS) is 13.2. The number of nitrogens with zero attached hydrogens (tertiary/aromatic N) is 4. The van der Waals surface area contributed by atoms with Gasteiger partial charge < -0.3 is 4.57 Å². The van der Waals surface area contributed by atoms with Gasteiger partial charge in [-0.15, -0.1) is 11.3 Å². The number of aromatic nitrogens is 3. The van der Waals surface area contributed by atoms with Crippen molar-refractivity contribution >= 4 is 117 Å². The van der Waals surface area contributed by atoms with Crippen LogP contribution in [0.2, 0.25) is 0 Å². The smallest absolute Gasteiger partial charge is 0.186 e. The lowest BCUT2D eigenvalue weighted by Gasteiger charge is -2.44. The maximum atomic E-state index is 5.49. The summed E-state index contributed by atoms with van der Waals surface area (Å²) < 4.78 is 4.78. The van der Waals surface area contributed by atoms with Crippen LogP contribution in [-0.2, 0) is 7.05 Å². The molecule has 1 aliphatic rings. The zero-order valence-electron chi connectivity index (χ0n) is 37.4. The molecular formula is C61H44N4SSi2. The highest BCUT2D eigenvalue weighted by atomic mass is 32.1. The zero-order valence-corrected chi connectivity index (χ0v) is 40.2. The van der Waals surface area contributed by atoms with Crippen molar-refractivity contribution in [2.75, 3.05) is 4.90 Å². The molecule has 13 rings (SSSR count). The Labute approximate surface area is 401 Å². The molecule has 0 saturated heterocycles. The fourth-order valence-corrected chi connectivity index (χ4v) is 22.6. The van der Waals surface area contributed by atoms with E-state index in [-0.39, 0.29) is 0 Å². The van der Waals surface area contributed by atoms with Gasteiger partial charge in [-0.2, -0.15) is 0 Å². The number of hydrogen-bond donors (Lipinski definition) is 0. The van der Waals surface area contributed by atoms with Crippen molar-refractivity contribution in [3.8, 4) is 11.4 Å². The molecule has 0 spiro atoms. The Hall–Kier alpha value is -7.95. The molecule has 0 fully saturated rings. The van der Waals surface area contributed by atoms with Crippen molar-refractivity contribution < 1.29 is 0 Å². The highest BCUT2D eigenvalue weighted by Crippen LogP contribution is 2.46. The van der Waals surface area contributed by atoms with Gasteiger partial charge in [0.15, 0.2) is 16.1 Å². The summed E-state index contributed by atoms with van der Waals surface area (Å²) in [5.74, 6) is 1.94. The van der Waals surface area contributed by atoms with E-state index < -0.39 is 16.1 Å². The number of thiophene rings is 1. The molecule has 0 bridgehead atoms. The summed E-state index contributed by atoms with van der Waals surface area (Å²) >= 11 is 1.90. The van der Waals surface area contributed by atoms with Crippen molar-refractivity contribution in [3.63, 3.8) is 0 Å². The molecule has 0 aliphatic carbocycles. The number of benzene rings is 9. The lowest BCUT2D eigenvalue weighted by Crippen LogP contribution is -2.77. The average Bonchev–Trinajstić information content (AvgIpc) is 3.97. The van der Waals surface area contributed by atoms with Crippen LogP contribution in [0.25, 0.3) is 42.6 Å². The fraction of sp³-hybridized carbons (Fsp3) is 0.0164. The Bertz CT molecular complexity index is 3750. The van der Waals surface area contributed by atoms with Gasteiger partial charge in [0.05, 0.1) is 21.4 Å². The number of fused-ring (bicyclic) bond motifs is 7. The first-order chi connectivity index (χ1) is 33.7. The van der Waals surface area contributed by atoms with Crippen molar-refractivity contribution in [2.24, 2.45) is 7.05 Å². The van der Waals surface area contributed by atoms with Crippen LogP contribution in [-0.4, -0.2) is 30.7 Å². The predicted molar refractivity (Wildman–Crippen MR) is 292 cm³/mol. The third-order valence-corrected chi connectivity index (χ3v) is 25.0. The molecule has 4 nitrogen and oxygen atoms in total. The molecule has 9 aromatic carbocycles. The van der Waals surface area contributed by atoms with Crippen molar-refractivity contribution in [1.29, 1.82) is 0 Å². The van der Waals surface area contributed by atoms with E-state index in [2.05, 4.69) is 259 Å². The van der Waals surface area contributed by atoms with Crippen LogP contribution in [0.1, 0.15) is 0 Å². The minimum Gasteiger partial charge on any atom is -0.327 e. The van der Waals surface area contributed by atoms with Crippen LogP contribution in [0.4, 0.5) is 17.2 Å². The molecule has 3 aromatic heterocycles. The van der Waals surface area contributed by atoms with E-state index in [9.17, 15) is 0 Å². The fourth-order valence-electron chi connectivity index (χ4n) is 11.4. The number of rotatable bonds is 8. The maximum Gasteiger partial charge on any atom is 0.186 e. The first kappa shape index (κ1) is 40.3. The van der Waals surface area contributed by atoms with Crippen LogP contribution in [0.3, 0.4) is 0 Å². The lowest BCUT2D eigenvalue weighted by molar-refractivity contribution is 0.959. The Balaban J connectivity index is 1.12. The minimum absolute atomic E-state index is 0.954. The van der Waals surface area contributed by atoms with Crippen LogP contribution >= 0.6 is 11.3 Å². The van der Waals surface area contributed by atoms with Crippen LogP contribution in [0.15, 0.2) is 249 Å². The molecule has 4 heterocycles. The third-order valence-electron chi connectivity index (χ3n) is 14.3. The number of aryl methyl sites for hydroxylation is 1. The zero-order chi connectivity index (χ0) is 45.2. The summed E-state index contributed by atoms with van der Waals surface area (Å²) in [6, 6.07) is 90.4. The summed E-state index contributed by atoms with van der Waals surface area (Å²) in [6.07, 6.45) is 1.99. The van der Waals surface area contributed by atoms with Gasteiger partial charge in [-0.25, -0.2) is 9.97 Å². The third kappa shape index (κ3) is 5.96. The number of para-hydroxylation sites is 2. The molecule has 12 aromatic rings. The van der Waals surface area contributed by atoms with Gasteiger partial charge in [0, 0.05) is 40.0 Å². The minimum atomic E-state index is -3.09. The summed E-state index contributed by atoms with van der Waals surface area (Å²) in [5, 5.41) is 13.1. The monoisotopic (exact) mass is 920 g/mol. The molecule has 0 atom stereocenters. The van der Waals surface area contributed by atoms with Gasteiger partial charge in [-0.05, 0) is 77.9 Å². The molecule has 0 amide bonds. The molecule has 0 radical (unpaired) electrons. The van der Waals surface area contributed by atoms with Gasteiger partial charge >= 0.3 is 0 Å². The Morgan fingerprint density at radius 2 is 1.09 bits per heavy atom. The number of anilines is 3. The largest absolute Gasteiger partial charge is 0.327 e. The molecular weight excluding hydrogens is 877 g/mol. The van der Waals surface area contributed by atoms with Crippen LogP contribution in [0, 0.1) is 0 Å². The topological polar surface area (TPSA) is 34.0 Å². The predicted octanol–water partition coefficient (Wildman–Crippen LogP) is 9.54. The Morgan fingerprint density at radius 3 is 1.79 bits per heavy atom. The highest BCUT2D eigenvalue weighted by molar-refractivity contribution is 7.27. The molecule has 68 heavy (non-hydrogen) atoms. The second-order valence-corrected chi connectivity index (χ2v) is 26.3. The standard InChI is InChI=1S/C61H44N4SSi2/c1-64-54-35-16-15-34-53(54)63-60(64)43-21-18-31-49(41-43)67(45-23-6-2-7-24-45,46-25-8-3-9-26-46)50-32-19-22-44(42-50)65-58-56(39-38-52-51-33-14-17-36-55(51)66-59(52)58)68(47-27-10-4-11-28-47,48-29-12-5-13-30-48)57-37-20-40-62-61(57)65/h2-42H,1H3. The second-order valence-electron chi connectivity index (χ2n) is 17.7. The van der Waals surface area contributed by atoms with Gasteiger partial charge in [0.25, 0.3) is 0 Å². The number of imidazole rings is 1. The Kier molecular flexibility index (Phi) is 9.57. The van der Waals surface area contributed by atoms with E-state index in [0.29, 0.717) is 0 Å². The van der Waals surface area contributed by atoms with E-state index in [0.717, 1.165) is 33.9 Å². The van der Waals surface area contributed by atoms with Gasteiger partial charge in [-0.3, -0.25) is 4.90 Å². The SMILES string of the molecule is Cn1c(-c2cccc([Si](c3ccccc3)(c3ccccc3)c3cccc(N4c5ncccc5[Si](c5ccccc5)(c5ccccc5)c5ccc6c(sc7ccccc76)c54)c3)c2)nc2ccccc21. The second kappa shape index (κ2) is 16.1. The molecule has 0 N–H and O–H groups in total. The molecule has 1 aliphatic heterocycles.